The fourth-order valence-corrected chi connectivity index (χ4v) is 1.38. The van der Waals surface area contributed by atoms with E-state index in [9.17, 15) is 13.2 Å². The van der Waals surface area contributed by atoms with E-state index in [1.54, 1.807) is 6.07 Å². The van der Waals surface area contributed by atoms with Crippen molar-refractivity contribution in [1.82, 2.24) is 5.32 Å². The second-order valence-electron chi connectivity index (χ2n) is 3.85. The molecule has 1 aromatic rings. The van der Waals surface area contributed by atoms with Gasteiger partial charge < -0.3 is 5.32 Å². The third kappa shape index (κ3) is 3.52. The van der Waals surface area contributed by atoms with E-state index in [1.165, 1.54) is 12.1 Å². The molecule has 90 valence electrons. The number of halogens is 3. The Bertz CT molecular complexity index is 333. The summed E-state index contributed by atoms with van der Waals surface area (Å²) in [5.41, 5.74) is -0.249. The van der Waals surface area contributed by atoms with Crippen LogP contribution in [0.25, 0.3) is 0 Å². The zero-order chi connectivity index (χ0) is 12.2. The Balaban J connectivity index is 2.80. The Labute approximate surface area is 93.7 Å². The van der Waals surface area contributed by atoms with Crippen LogP contribution < -0.4 is 5.32 Å². The van der Waals surface area contributed by atoms with E-state index < -0.39 is 11.7 Å². The molecule has 0 aromatic heterocycles. The highest BCUT2D eigenvalue weighted by Gasteiger charge is 2.32. The molecule has 0 saturated carbocycles. The van der Waals surface area contributed by atoms with E-state index in [1.807, 2.05) is 13.8 Å². The average Bonchev–Trinajstić information content (AvgIpc) is 2.25. The molecule has 4 heteroatoms. The van der Waals surface area contributed by atoms with Crippen LogP contribution in [0, 0.1) is 0 Å². The lowest BCUT2D eigenvalue weighted by Crippen LogP contribution is -2.25. The third-order valence-electron chi connectivity index (χ3n) is 2.58. The van der Waals surface area contributed by atoms with Gasteiger partial charge in [0, 0.05) is 12.6 Å². The van der Waals surface area contributed by atoms with E-state index in [2.05, 4.69) is 5.32 Å². The highest BCUT2D eigenvalue weighted by molar-refractivity contribution is 5.29. The van der Waals surface area contributed by atoms with E-state index in [0.29, 0.717) is 5.56 Å². The summed E-state index contributed by atoms with van der Waals surface area (Å²) < 4.78 is 37.9. The molecule has 0 spiro atoms. The number of alkyl halides is 3. The van der Waals surface area contributed by atoms with Crippen LogP contribution in [0.15, 0.2) is 24.3 Å². The molecule has 1 N–H and O–H groups in total. The number of nitrogens with one attached hydrogen (secondary N) is 1. The molecule has 0 amide bonds. The summed E-state index contributed by atoms with van der Waals surface area (Å²) in [6, 6.07) is 5.89. The van der Waals surface area contributed by atoms with Crippen molar-refractivity contribution in [3.05, 3.63) is 35.4 Å². The predicted molar refractivity (Wildman–Crippen MR) is 58.0 cm³/mol. The van der Waals surface area contributed by atoms with Crippen molar-refractivity contribution in [3.63, 3.8) is 0 Å². The quantitative estimate of drug-likeness (QED) is 0.835. The number of benzene rings is 1. The first-order valence-electron chi connectivity index (χ1n) is 5.33. The van der Waals surface area contributed by atoms with Gasteiger partial charge in [-0.1, -0.05) is 25.1 Å². The normalized spacial score (nSPS) is 13.8. The first-order chi connectivity index (χ1) is 7.45. The predicted octanol–water partition coefficient (Wildman–Crippen LogP) is 3.59. The number of hydrogen-bond acceptors (Lipinski definition) is 1. The second-order valence-corrected chi connectivity index (χ2v) is 3.85. The summed E-state index contributed by atoms with van der Waals surface area (Å²) in [4.78, 5) is 0. The second kappa shape index (κ2) is 5.34. The van der Waals surface area contributed by atoms with Crippen LogP contribution in [-0.2, 0) is 12.7 Å². The molecule has 1 unspecified atom stereocenters. The third-order valence-corrected chi connectivity index (χ3v) is 2.58. The monoisotopic (exact) mass is 231 g/mol. The van der Waals surface area contributed by atoms with Gasteiger partial charge in [0.05, 0.1) is 5.56 Å². The minimum Gasteiger partial charge on any atom is -0.310 e. The van der Waals surface area contributed by atoms with Crippen LogP contribution in [0.2, 0.25) is 0 Å². The van der Waals surface area contributed by atoms with Crippen molar-refractivity contribution in [2.24, 2.45) is 0 Å². The molecule has 0 heterocycles. The van der Waals surface area contributed by atoms with Gasteiger partial charge in [0.25, 0.3) is 0 Å². The first-order valence-corrected chi connectivity index (χ1v) is 5.33. The van der Waals surface area contributed by atoms with Gasteiger partial charge in [-0.25, -0.2) is 0 Å². The van der Waals surface area contributed by atoms with Gasteiger partial charge >= 0.3 is 6.18 Å². The summed E-state index contributed by atoms with van der Waals surface area (Å²) in [6.45, 7) is 4.20. The van der Waals surface area contributed by atoms with Crippen molar-refractivity contribution in [1.29, 1.82) is 0 Å². The van der Waals surface area contributed by atoms with Gasteiger partial charge in [0.1, 0.15) is 0 Å². The maximum absolute atomic E-state index is 12.6. The summed E-state index contributed by atoms with van der Waals surface area (Å²) in [5, 5.41) is 3.06. The molecule has 0 aliphatic heterocycles. The maximum Gasteiger partial charge on any atom is 0.416 e. The van der Waals surface area contributed by atoms with Gasteiger partial charge in [-0.3, -0.25) is 0 Å². The van der Waals surface area contributed by atoms with Crippen LogP contribution in [0.3, 0.4) is 0 Å². The molecule has 0 aliphatic rings. The lowest BCUT2D eigenvalue weighted by Gasteiger charge is -2.15. The molecule has 0 radical (unpaired) electrons. The fourth-order valence-electron chi connectivity index (χ4n) is 1.38. The Morgan fingerprint density at radius 3 is 2.44 bits per heavy atom. The highest BCUT2D eigenvalue weighted by Crippen LogP contribution is 2.31. The number of rotatable bonds is 4. The molecule has 1 aromatic carbocycles. The van der Waals surface area contributed by atoms with Crippen LogP contribution in [0.5, 0.6) is 0 Å². The molecular formula is C12H16F3N. The fraction of sp³-hybridized carbons (Fsp3) is 0.500. The summed E-state index contributed by atoms with van der Waals surface area (Å²) in [5.74, 6) is 0. The standard InChI is InChI=1S/C12H16F3N/c1-3-9(2)16-8-10-6-4-5-7-11(10)12(13,14)15/h4-7,9,16H,3,8H2,1-2H3. The molecule has 1 nitrogen and oxygen atoms in total. The smallest absolute Gasteiger partial charge is 0.310 e. The van der Waals surface area contributed by atoms with Gasteiger partial charge in [-0.2, -0.15) is 13.2 Å². The minimum atomic E-state index is -4.27. The van der Waals surface area contributed by atoms with Crippen LogP contribution in [-0.4, -0.2) is 6.04 Å². The van der Waals surface area contributed by atoms with Gasteiger partial charge in [-0.15, -0.1) is 0 Å². The Kier molecular flexibility index (Phi) is 4.35. The zero-order valence-electron chi connectivity index (χ0n) is 9.43. The Morgan fingerprint density at radius 2 is 1.88 bits per heavy atom. The highest BCUT2D eigenvalue weighted by atomic mass is 19.4. The summed E-state index contributed by atoms with van der Waals surface area (Å²) in [7, 11) is 0. The molecular weight excluding hydrogens is 215 g/mol. The van der Waals surface area contributed by atoms with Crippen molar-refractivity contribution in [3.8, 4) is 0 Å². The van der Waals surface area contributed by atoms with Gasteiger partial charge in [0.15, 0.2) is 0 Å². The Morgan fingerprint density at radius 1 is 1.25 bits per heavy atom. The molecule has 1 atom stereocenters. The van der Waals surface area contributed by atoms with Crippen LogP contribution in [0.1, 0.15) is 31.4 Å². The van der Waals surface area contributed by atoms with Crippen molar-refractivity contribution < 1.29 is 13.2 Å². The van der Waals surface area contributed by atoms with E-state index in [-0.39, 0.29) is 12.6 Å². The van der Waals surface area contributed by atoms with E-state index in [4.69, 9.17) is 0 Å². The molecule has 0 bridgehead atoms. The Hall–Kier alpha value is -1.03. The van der Waals surface area contributed by atoms with Crippen LogP contribution >= 0.6 is 0 Å². The summed E-state index contributed by atoms with van der Waals surface area (Å²) >= 11 is 0. The average molecular weight is 231 g/mol. The number of hydrogen-bond donors (Lipinski definition) is 1. The molecule has 0 saturated heterocycles. The summed E-state index contributed by atoms with van der Waals surface area (Å²) in [6.07, 6.45) is -3.37. The first kappa shape index (κ1) is 13.0. The zero-order valence-corrected chi connectivity index (χ0v) is 9.43. The lowest BCUT2D eigenvalue weighted by atomic mass is 10.1. The van der Waals surface area contributed by atoms with Gasteiger partial charge in [0.2, 0.25) is 0 Å². The van der Waals surface area contributed by atoms with Gasteiger partial charge in [-0.05, 0) is 25.0 Å². The molecule has 16 heavy (non-hydrogen) atoms. The van der Waals surface area contributed by atoms with E-state index in [0.717, 1.165) is 12.5 Å². The maximum atomic E-state index is 12.6. The topological polar surface area (TPSA) is 12.0 Å². The molecule has 1 rings (SSSR count). The van der Waals surface area contributed by atoms with E-state index >= 15 is 0 Å². The van der Waals surface area contributed by atoms with Crippen LogP contribution in [0.4, 0.5) is 13.2 Å². The van der Waals surface area contributed by atoms with Crippen molar-refractivity contribution in [2.75, 3.05) is 0 Å². The largest absolute Gasteiger partial charge is 0.416 e. The lowest BCUT2D eigenvalue weighted by molar-refractivity contribution is -0.138. The molecule has 0 fully saturated rings. The van der Waals surface area contributed by atoms with Crippen molar-refractivity contribution in [2.45, 2.75) is 39.0 Å². The van der Waals surface area contributed by atoms with Crippen molar-refractivity contribution >= 4 is 0 Å². The SMILES string of the molecule is CCC(C)NCc1ccccc1C(F)(F)F. The minimum absolute atomic E-state index is 0.223. The molecule has 0 aliphatic carbocycles.